The van der Waals surface area contributed by atoms with Crippen LogP contribution in [-0.4, -0.2) is 19.1 Å². The van der Waals surface area contributed by atoms with Crippen molar-refractivity contribution in [3.05, 3.63) is 65.7 Å². The van der Waals surface area contributed by atoms with Gasteiger partial charge in [-0.05, 0) is 67.9 Å². The van der Waals surface area contributed by atoms with E-state index in [1.54, 1.807) is 0 Å². The molecule has 0 radical (unpaired) electrons. The Bertz CT molecular complexity index is 589. The van der Waals surface area contributed by atoms with Gasteiger partial charge in [0.25, 0.3) is 0 Å². The summed E-state index contributed by atoms with van der Waals surface area (Å²) in [4.78, 5) is 2.30. The Morgan fingerprint density at radius 3 is 2.00 bits per heavy atom. The highest BCUT2D eigenvalue weighted by Crippen LogP contribution is 2.24. The van der Waals surface area contributed by atoms with E-state index in [-0.39, 0.29) is 11.6 Å². The van der Waals surface area contributed by atoms with Gasteiger partial charge in [-0.2, -0.15) is 0 Å². The molecule has 22 heavy (non-hydrogen) atoms. The second-order valence-electron chi connectivity index (χ2n) is 5.71. The first-order chi connectivity index (χ1) is 10.7. The van der Waals surface area contributed by atoms with Crippen LogP contribution in [0.15, 0.2) is 48.5 Å². The molecule has 1 N–H and O–H groups in total. The summed E-state index contributed by atoms with van der Waals surface area (Å²) in [7, 11) is 0. The number of anilines is 1. The largest absolute Gasteiger partial charge is 0.364 e. The molecule has 0 spiro atoms. The zero-order valence-corrected chi connectivity index (χ0v) is 12.4. The third-order valence-electron chi connectivity index (χ3n) is 4.17. The maximum atomic E-state index is 13.2. The van der Waals surface area contributed by atoms with E-state index in [2.05, 4.69) is 10.2 Å². The predicted octanol–water partition coefficient (Wildman–Crippen LogP) is 3.72. The lowest BCUT2D eigenvalue weighted by Gasteiger charge is -2.36. The van der Waals surface area contributed by atoms with E-state index < -0.39 is 0 Å². The average Bonchev–Trinajstić information content (AvgIpc) is 2.56. The zero-order valence-electron chi connectivity index (χ0n) is 12.4. The van der Waals surface area contributed by atoms with Crippen LogP contribution in [0.2, 0.25) is 0 Å². The van der Waals surface area contributed by atoms with Gasteiger partial charge in [-0.1, -0.05) is 12.1 Å². The van der Waals surface area contributed by atoms with E-state index in [1.165, 1.54) is 24.3 Å². The van der Waals surface area contributed by atoms with Crippen molar-refractivity contribution in [1.29, 1.82) is 0 Å². The molecule has 0 aromatic heterocycles. The SMILES string of the molecule is Fc1ccc(CN(c2ccc(F)cc2)C2CCNCC2)cc1. The van der Waals surface area contributed by atoms with Crippen LogP contribution in [-0.2, 0) is 6.54 Å². The number of halogens is 2. The monoisotopic (exact) mass is 302 g/mol. The highest BCUT2D eigenvalue weighted by atomic mass is 19.1. The van der Waals surface area contributed by atoms with E-state index >= 15 is 0 Å². The van der Waals surface area contributed by atoms with Crippen molar-refractivity contribution in [1.82, 2.24) is 5.32 Å². The molecule has 0 amide bonds. The molecule has 0 saturated carbocycles. The van der Waals surface area contributed by atoms with Crippen LogP contribution in [0.1, 0.15) is 18.4 Å². The molecule has 0 atom stereocenters. The van der Waals surface area contributed by atoms with Gasteiger partial charge in [0.1, 0.15) is 11.6 Å². The molecule has 1 fully saturated rings. The van der Waals surface area contributed by atoms with Crippen LogP contribution in [0, 0.1) is 11.6 Å². The van der Waals surface area contributed by atoms with Gasteiger partial charge in [0, 0.05) is 18.3 Å². The van der Waals surface area contributed by atoms with Crippen molar-refractivity contribution < 1.29 is 8.78 Å². The Kier molecular flexibility index (Phi) is 4.68. The van der Waals surface area contributed by atoms with Gasteiger partial charge in [-0.15, -0.1) is 0 Å². The van der Waals surface area contributed by atoms with E-state index in [0.29, 0.717) is 12.6 Å². The standard InChI is InChI=1S/C18H20F2N2/c19-15-3-1-14(2-4-15)13-22(18-9-11-21-12-10-18)17-7-5-16(20)6-8-17/h1-8,18,21H,9-13H2. The van der Waals surface area contributed by atoms with Gasteiger partial charge < -0.3 is 10.2 Å². The minimum atomic E-state index is -0.226. The number of nitrogens with one attached hydrogen (secondary N) is 1. The zero-order chi connectivity index (χ0) is 15.4. The summed E-state index contributed by atoms with van der Waals surface area (Å²) >= 11 is 0. The fourth-order valence-electron chi connectivity index (χ4n) is 2.97. The Morgan fingerprint density at radius 2 is 1.41 bits per heavy atom. The summed E-state index contributed by atoms with van der Waals surface area (Å²) in [5.41, 5.74) is 2.07. The van der Waals surface area contributed by atoms with Gasteiger partial charge in [-0.3, -0.25) is 0 Å². The lowest BCUT2D eigenvalue weighted by atomic mass is 10.0. The molecule has 1 heterocycles. The number of nitrogens with zero attached hydrogens (tertiary/aromatic N) is 1. The van der Waals surface area contributed by atoms with Crippen LogP contribution in [0.25, 0.3) is 0 Å². The van der Waals surface area contributed by atoms with Crippen LogP contribution >= 0.6 is 0 Å². The van der Waals surface area contributed by atoms with Gasteiger partial charge >= 0.3 is 0 Å². The average molecular weight is 302 g/mol. The molecule has 116 valence electrons. The van der Waals surface area contributed by atoms with E-state index in [1.807, 2.05) is 24.3 Å². The van der Waals surface area contributed by atoms with Gasteiger partial charge in [0.15, 0.2) is 0 Å². The van der Waals surface area contributed by atoms with Crippen LogP contribution < -0.4 is 10.2 Å². The molecule has 3 rings (SSSR count). The Labute approximate surface area is 129 Å². The smallest absolute Gasteiger partial charge is 0.123 e. The molecule has 1 aliphatic heterocycles. The summed E-state index contributed by atoms with van der Waals surface area (Å²) < 4.78 is 26.3. The second kappa shape index (κ2) is 6.88. The van der Waals surface area contributed by atoms with Crippen molar-refractivity contribution in [3.63, 3.8) is 0 Å². The fraction of sp³-hybridized carbons (Fsp3) is 0.333. The lowest BCUT2D eigenvalue weighted by molar-refractivity contribution is 0.428. The molecule has 1 aliphatic rings. The first-order valence-electron chi connectivity index (χ1n) is 7.70. The Balaban J connectivity index is 1.84. The molecule has 2 nitrogen and oxygen atoms in total. The van der Waals surface area contributed by atoms with E-state index in [9.17, 15) is 8.78 Å². The van der Waals surface area contributed by atoms with Gasteiger partial charge in [0.05, 0.1) is 0 Å². The maximum Gasteiger partial charge on any atom is 0.123 e. The van der Waals surface area contributed by atoms with Crippen LogP contribution in [0.3, 0.4) is 0 Å². The van der Waals surface area contributed by atoms with Gasteiger partial charge in [-0.25, -0.2) is 8.78 Å². The van der Waals surface area contributed by atoms with Crippen LogP contribution in [0.4, 0.5) is 14.5 Å². The maximum absolute atomic E-state index is 13.2. The van der Waals surface area contributed by atoms with Crippen molar-refractivity contribution in [2.45, 2.75) is 25.4 Å². The number of hydrogen-bond acceptors (Lipinski definition) is 2. The first kappa shape index (κ1) is 15.0. The molecule has 4 heteroatoms. The fourth-order valence-corrected chi connectivity index (χ4v) is 2.97. The minimum Gasteiger partial charge on any atom is -0.364 e. The number of rotatable bonds is 4. The number of piperidine rings is 1. The second-order valence-corrected chi connectivity index (χ2v) is 5.71. The van der Waals surface area contributed by atoms with E-state index in [4.69, 9.17) is 0 Å². The van der Waals surface area contributed by atoms with Crippen molar-refractivity contribution in [2.75, 3.05) is 18.0 Å². The third-order valence-corrected chi connectivity index (χ3v) is 4.17. The Hall–Kier alpha value is -1.94. The van der Waals surface area contributed by atoms with Crippen molar-refractivity contribution in [3.8, 4) is 0 Å². The molecule has 2 aromatic carbocycles. The number of benzene rings is 2. The molecule has 1 saturated heterocycles. The van der Waals surface area contributed by atoms with Crippen LogP contribution in [0.5, 0.6) is 0 Å². The summed E-state index contributed by atoms with van der Waals surface area (Å²) in [5.74, 6) is -0.449. The lowest BCUT2D eigenvalue weighted by Crippen LogP contribution is -2.43. The van der Waals surface area contributed by atoms with Crippen molar-refractivity contribution >= 4 is 5.69 Å². The quantitative estimate of drug-likeness (QED) is 0.926. The summed E-state index contributed by atoms with van der Waals surface area (Å²) in [6.45, 7) is 2.69. The highest BCUT2D eigenvalue weighted by Gasteiger charge is 2.21. The van der Waals surface area contributed by atoms with E-state index in [0.717, 1.165) is 37.2 Å². The third kappa shape index (κ3) is 3.63. The first-order valence-corrected chi connectivity index (χ1v) is 7.70. The van der Waals surface area contributed by atoms with Crippen molar-refractivity contribution in [2.24, 2.45) is 0 Å². The molecule has 0 aliphatic carbocycles. The highest BCUT2D eigenvalue weighted by molar-refractivity contribution is 5.48. The summed E-state index contributed by atoms with van der Waals surface area (Å²) in [6, 6.07) is 13.6. The molecular formula is C18H20F2N2. The molecule has 2 aromatic rings. The summed E-state index contributed by atoms with van der Waals surface area (Å²) in [6.07, 6.45) is 2.11. The topological polar surface area (TPSA) is 15.3 Å². The predicted molar refractivity (Wildman–Crippen MR) is 84.9 cm³/mol. The summed E-state index contributed by atoms with van der Waals surface area (Å²) in [5, 5.41) is 3.37. The number of hydrogen-bond donors (Lipinski definition) is 1. The normalized spacial score (nSPS) is 15.7. The van der Waals surface area contributed by atoms with Gasteiger partial charge in [0.2, 0.25) is 0 Å². The molecular weight excluding hydrogens is 282 g/mol. The molecule has 0 unspecified atom stereocenters. The Morgan fingerprint density at radius 1 is 0.864 bits per heavy atom. The molecule has 0 bridgehead atoms. The minimum absolute atomic E-state index is 0.223.